The lowest BCUT2D eigenvalue weighted by Gasteiger charge is -1.88. The Labute approximate surface area is 88.8 Å². The topological polar surface area (TPSA) is 30.0 Å². The van der Waals surface area contributed by atoms with Gasteiger partial charge in [-0.25, -0.2) is 4.98 Å². The Bertz CT molecular complexity index is 457. The number of hydrogen-bond acceptors (Lipinski definition) is 3. The lowest BCUT2D eigenvalue weighted by molar-refractivity contribution is 0.684. The normalized spacial score (nSPS) is 12.9. The number of nitrogens with zero attached hydrogens (tertiary/aromatic N) is 1. The maximum absolute atomic E-state index is 11.6. The van der Waals surface area contributed by atoms with E-state index in [1.807, 2.05) is 24.3 Å². The monoisotopic (exact) mass is 223 g/mol. The zero-order valence-electron chi connectivity index (χ0n) is 7.47. The molecule has 0 fully saturated rings. The Morgan fingerprint density at radius 2 is 2.29 bits per heavy atom. The number of aromatic nitrogens is 1. The number of fused-ring (bicyclic) bond motifs is 1. The minimum Gasteiger partial charge on any atom is -0.252 e. The summed E-state index contributed by atoms with van der Waals surface area (Å²) in [4.78, 5) is 4.30. The van der Waals surface area contributed by atoms with E-state index in [2.05, 4.69) is 11.6 Å². The lowest BCUT2D eigenvalue weighted by atomic mass is 10.3. The van der Waals surface area contributed by atoms with E-state index in [0.717, 1.165) is 10.2 Å². The van der Waals surface area contributed by atoms with Gasteiger partial charge < -0.3 is 0 Å². The molecule has 0 spiro atoms. The van der Waals surface area contributed by atoms with Crippen LogP contribution >= 0.6 is 11.3 Å². The van der Waals surface area contributed by atoms with Gasteiger partial charge in [0.2, 0.25) is 0 Å². The van der Waals surface area contributed by atoms with Gasteiger partial charge >= 0.3 is 0 Å². The second kappa shape index (κ2) is 4.02. The predicted molar refractivity (Wildman–Crippen MR) is 61.1 cm³/mol. The van der Waals surface area contributed by atoms with Gasteiger partial charge in [-0.15, -0.1) is 17.9 Å². The van der Waals surface area contributed by atoms with Crippen LogP contribution in [0.3, 0.4) is 0 Å². The van der Waals surface area contributed by atoms with Crippen molar-refractivity contribution in [3.8, 4) is 0 Å². The van der Waals surface area contributed by atoms with Crippen molar-refractivity contribution in [3.05, 3.63) is 36.9 Å². The van der Waals surface area contributed by atoms with E-state index in [0.29, 0.717) is 10.1 Å². The molecular weight excluding hydrogens is 214 g/mol. The molecule has 0 aliphatic carbocycles. The highest BCUT2D eigenvalue weighted by molar-refractivity contribution is 7.87. The highest BCUT2D eigenvalue weighted by Gasteiger charge is 2.08. The average Bonchev–Trinajstić information content (AvgIpc) is 2.61. The number of para-hydroxylation sites is 1. The SMILES string of the molecule is C=CC[S@@](=O)c1nc2ccccc2s1. The Hall–Kier alpha value is -1.00. The third-order valence-corrected chi connectivity index (χ3v) is 4.40. The van der Waals surface area contributed by atoms with E-state index in [9.17, 15) is 4.21 Å². The first-order valence-corrected chi connectivity index (χ1v) is 6.29. The molecule has 0 unspecified atom stereocenters. The fraction of sp³-hybridized carbons (Fsp3) is 0.100. The van der Waals surface area contributed by atoms with Crippen molar-refractivity contribution in [2.75, 3.05) is 5.75 Å². The quantitative estimate of drug-likeness (QED) is 0.749. The van der Waals surface area contributed by atoms with Gasteiger partial charge in [-0.1, -0.05) is 18.2 Å². The van der Waals surface area contributed by atoms with Gasteiger partial charge in [-0.2, -0.15) is 0 Å². The van der Waals surface area contributed by atoms with Gasteiger partial charge in [-0.3, -0.25) is 4.21 Å². The summed E-state index contributed by atoms with van der Waals surface area (Å²) in [5.41, 5.74) is 0.921. The molecule has 72 valence electrons. The largest absolute Gasteiger partial charge is 0.252 e. The van der Waals surface area contributed by atoms with Crippen LogP contribution in [0.2, 0.25) is 0 Å². The summed E-state index contributed by atoms with van der Waals surface area (Å²) in [6, 6.07) is 7.81. The third-order valence-electron chi connectivity index (χ3n) is 1.74. The van der Waals surface area contributed by atoms with Gasteiger partial charge in [0.1, 0.15) is 0 Å². The van der Waals surface area contributed by atoms with Crippen LogP contribution in [-0.4, -0.2) is 14.9 Å². The second-order valence-electron chi connectivity index (χ2n) is 2.75. The summed E-state index contributed by atoms with van der Waals surface area (Å²) in [5, 5.41) is 0. The fourth-order valence-corrected chi connectivity index (χ4v) is 3.23. The Balaban J connectivity index is 2.44. The molecule has 0 radical (unpaired) electrons. The first-order chi connectivity index (χ1) is 6.81. The molecule has 0 bridgehead atoms. The van der Waals surface area contributed by atoms with Crippen LogP contribution in [-0.2, 0) is 10.8 Å². The number of benzene rings is 1. The second-order valence-corrected chi connectivity index (χ2v) is 5.45. The van der Waals surface area contributed by atoms with Crippen LogP contribution < -0.4 is 0 Å². The maximum Gasteiger partial charge on any atom is 0.182 e. The Morgan fingerprint density at radius 3 is 3.00 bits per heavy atom. The van der Waals surface area contributed by atoms with E-state index in [4.69, 9.17) is 0 Å². The fourth-order valence-electron chi connectivity index (χ4n) is 1.13. The van der Waals surface area contributed by atoms with Crippen LogP contribution in [0.4, 0.5) is 0 Å². The van der Waals surface area contributed by atoms with Crippen molar-refractivity contribution in [1.82, 2.24) is 4.98 Å². The Kier molecular flexibility index (Phi) is 2.74. The summed E-state index contributed by atoms with van der Waals surface area (Å²) in [5.74, 6) is 0.472. The molecule has 1 aromatic heterocycles. The zero-order valence-corrected chi connectivity index (χ0v) is 9.11. The van der Waals surface area contributed by atoms with Crippen LogP contribution in [0.25, 0.3) is 10.2 Å². The van der Waals surface area contributed by atoms with Gasteiger partial charge in [0.15, 0.2) is 4.34 Å². The minimum absolute atomic E-state index is 0.472. The van der Waals surface area contributed by atoms with Gasteiger partial charge in [0, 0.05) is 5.75 Å². The summed E-state index contributed by atoms with van der Waals surface area (Å²) >= 11 is 1.49. The maximum atomic E-state index is 11.6. The summed E-state index contributed by atoms with van der Waals surface area (Å²) < 4.78 is 13.4. The van der Waals surface area contributed by atoms with Crippen molar-refractivity contribution < 1.29 is 4.21 Å². The molecule has 2 aromatic rings. The molecule has 0 aliphatic heterocycles. The number of hydrogen-bond donors (Lipinski definition) is 0. The molecule has 2 nitrogen and oxygen atoms in total. The summed E-state index contributed by atoms with van der Waals surface area (Å²) in [7, 11) is -1.03. The van der Waals surface area contributed by atoms with E-state index in [-0.39, 0.29) is 0 Å². The van der Waals surface area contributed by atoms with Crippen molar-refractivity contribution in [3.63, 3.8) is 0 Å². The molecule has 0 saturated carbocycles. The van der Waals surface area contributed by atoms with E-state index < -0.39 is 10.8 Å². The predicted octanol–water partition coefficient (Wildman–Crippen LogP) is 2.59. The first kappa shape index (κ1) is 9.55. The molecule has 0 aliphatic rings. The molecule has 1 aromatic carbocycles. The van der Waals surface area contributed by atoms with Crippen LogP contribution in [0, 0.1) is 0 Å². The smallest absolute Gasteiger partial charge is 0.182 e. The number of thiazole rings is 1. The molecule has 0 amide bonds. The molecular formula is C10H9NOS2. The highest BCUT2D eigenvalue weighted by atomic mass is 32.2. The van der Waals surface area contributed by atoms with Crippen molar-refractivity contribution in [1.29, 1.82) is 0 Å². The summed E-state index contributed by atoms with van der Waals surface area (Å²) in [6.07, 6.45) is 1.65. The van der Waals surface area contributed by atoms with E-state index in [1.165, 1.54) is 11.3 Å². The Morgan fingerprint density at radius 1 is 1.50 bits per heavy atom. The molecule has 14 heavy (non-hydrogen) atoms. The molecule has 4 heteroatoms. The summed E-state index contributed by atoms with van der Waals surface area (Å²) in [6.45, 7) is 3.56. The standard InChI is InChI=1S/C10H9NOS2/c1-2-7-14(12)10-11-8-5-3-4-6-9(8)13-10/h2-6H,1,7H2/t14-/m1/s1. The molecule has 2 rings (SSSR count). The highest BCUT2D eigenvalue weighted by Crippen LogP contribution is 2.23. The average molecular weight is 223 g/mol. The lowest BCUT2D eigenvalue weighted by Crippen LogP contribution is -1.92. The van der Waals surface area contributed by atoms with Gasteiger partial charge in [-0.05, 0) is 12.1 Å². The van der Waals surface area contributed by atoms with Crippen molar-refractivity contribution in [2.45, 2.75) is 4.34 Å². The van der Waals surface area contributed by atoms with E-state index in [1.54, 1.807) is 6.08 Å². The van der Waals surface area contributed by atoms with Gasteiger partial charge in [0.25, 0.3) is 0 Å². The zero-order chi connectivity index (χ0) is 9.97. The molecule has 1 atom stereocenters. The van der Waals surface area contributed by atoms with Crippen molar-refractivity contribution in [2.24, 2.45) is 0 Å². The minimum atomic E-state index is -1.03. The van der Waals surface area contributed by atoms with E-state index >= 15 is 0 Å². The van der Waals surface area contributed by atoms with Crippen LogP contribution in [0.1, 0.15) is 0 Å². The molecule has 0 saturated heterocycles. The van der Waals surface area contributed by atoms with Gasteiger partial charge in [0.05, 0.1) is 21.0 Å². The van der Waals surface area contributed by atoms with Crippen molar-refractivity contribution >= 4 is 32.4 Å². The molecule has 1 heterocycles. The third kappa shape index (κ3) is 1.76. The van der Waals surface area contributed by atoms with Crippen LogP contribution in [0.15, 0.2) is 41.3 Å². The number of rotatable bonds is 3. The molecule has 0 N–H and O–H groups in total. The first-order valence-electron chi connectivity index (χ1n) is 4.16. The van der Waals surface area contributed by atoms with Crippen LogP contribution in [0.5, 0.6) is 0 Å².